The molecule has 7 heteroatoms. The first kappa shape index (κ1) is 13.9. The van der Waals surface area contributed by atoms with Crippen LogP contribution in [-0.4, -0.2) is 33.6 Å². The van der Waals surface area contributed by atoms with Gasteiger partial charge in [0, 0.05) is 11.6 Å². The van der Waals surface area contributed by atoms with E-state index in [2.05, 4.69) is 5.10 Å². The summed E-state index contributed by atoms with van der Waals surface area (Å²) in [5.41, 5.74) is -2.84. The van der Waals surface area contributed by atoms with E-state index < -0.39 is 29.6 Å². The van der Waals surface area contributed by atoms with Crippen LogP contribution in [0.2, 0.25) is 0 Å². The van der Waals surface area contributed by atoms with Crippen molar-refractivity contribution in [3.63, 3.8) is 0 Å². The number of aliphatic hydroxyl groups is 1. The van der Waals surface area contributed by atoms with Crippen molar-refractivity contribution < 1.29 is 23.1 Å². The second kappa shape index (κ2) is 4.19. The predicted octanol–water partition coefficient (Wildman–Crippen LogP) is 2.28. The zero-order valence-electron chi connectivity index (χ0n) is 11.2. The molecule has 112 valence electrons. The third kappa shape index (κ3) is 1.86. The third-order valence-electron chi connectivity index (χ3n) is 4.52. The van der Waals surface area contributed by atoms with Crippen molar-refractivity contribution >= 4 is 11.6 Å². The molecule has 2 aliphatic carbocycles. The van der Waals surface area contributed by atoms with E-state index in [9.17, 15) is 23.1 Å². The maximum absolute atomic E-state index is 13.4. The first-order chi connectivity index (χ1) is 9.25. The zero-order valence-corrected chi connectivity index (χ0v) is 11.2. The number of amides is 1. The van der Waals surface area contributed by atoms with E-state index in [1.54, 1.807) is 0 Å². The Morgan fingerprint density at radius 2 is 2.05 bits per heavy atom. The Bertz CT molecular complexity index is 473. The maximum atomic E-state index is 13.4. The van der Waals surface area contributed by atoms with E-state index in [0.29, 0.717) is 30.0 Å². The fourth-order valence-corrected chi connectivity index (χ4v) is 3.13. The number of rotatable bonds is 1. The Morgan fingerprint density at radius 1 is 1.40 bits per heavy atom. The monoisotopic (exact) mass is 290 g/mol. The molecule has 20 heavy (non-hydrogen) atoms. The van der Waals surface area contributed by atoms with Crippen molar-refractivity contribution in [2.45, 2.75) is 50.9 Å². The van der Waals surface area contributed by atoms with Crippen LogP contribution in [0.25, 0.3) is 0 Å². The average molecular weight is 290 g/mol. The Hall–Kier alpha value is -1.11. The van der Waals surface area contributed by atoms with Gasteiger partial charge in [0.1, 0.15) is 0 Å². The molecule has 0 unspecified atom stereocenters. The Morgan fingerprint density at radius 3 is 2.60 bits per heavy atom. The van der Waals surface area contributed by atoms with E-state index in [1.807, 2.05) is 6.92 Å². The molecule has 0 spiro atoms. The summed E-state index contributed by atoms with van der Waals surface area (Å²) in [6, 6.07) is 0. The summed E-state index contributed by atoms with van der Waals surface area (Å²) in [5, 5.41) is 14.5. The van der Waals surface area contributed by atoms with E-state index in [1.165, 1.54) is 0 Å². The highest BCUT2D eigenvalue weighted by molar-refractivity contribution is 5.94. The first-order valence-electron chi connectivity index (χ1n) is 6.95. The van der Waals surface area contributed by atoms with E-state index in [0.717, 1.165) is 6.42 Å². The van der Waals surface area contributed by atoms with Gasteiger partial charge in [0.2, 0.25) is 5.91 Å². The SMILES string of the molecule is C[C@@H]1CCC2=NN(C(=O)C3CC3)[C@](O)(C(F)(F)F)[C@@H]2C1. The molecule has 4 nitrogen and oxygen atoms in total. The largest absolute Gasteiger partial charge is 0.439 e. The van der Waals surface area contributed by atoms with Crippen molar-refractivity contribution in [1.82, 2.24) is 5.01 Å². The molecule has 0 aromatic carbocycles. The van der Waals surface area contributed by atoms with Crippen LogP contribution in [0.4, 0.5) is 13.2 Å². The highest BCUT2D eigenvalue weighted by atomic mass is 19.4. The fraction of sp³-hybridized carbons (Fsp3) is 0.846. The number of halogens is 3. The number of hydrazone groups is 1. The number of carbonyl (C=O) groups is 1. The number of carbonyl (C=O) groups excluding carboxylic acids is 1. The smallest absolute Gasteiger partial charge is 0.362 e. The van der Waals surface area contributed by atoms with Gasteiger partial charge in [-0.15, -0.1) is 0 Å². The third-order valence-corrected chi connectivity index (χ3v) is 4.52. The molecule has 3 aliphatic rings. The van der Waals surface area contributed by atoms with Gasteiger partial charge in [-0.1, -0.05) is 6.92 Å². The molecular weight excluding hydrogens is 273 g/mol. The molecule has 0 bridgehead atoms. The molecular formula is C13H17F3N2O2. The van der Waals surface area contributed by atoms with Crippen molar-refractivity contribution in [1.29, 1.82) is 0 Å². The topological polar surface area (TPSA) is 52.9 Å². The number of nitrogens with zero attached hydrogens (tertiary/aromatic N) is 2. The number of hydrogen-bond acceptors (Lipinski definition) is 3. The van der Waals surface area contributed by atoms with Crippen LogP contribution in [-0.2, 0) is 4.79 Å². The molecule has 3 rings (SSSR count). The van der Waals surface area contributed by atoms with E-state index in [-0.39, 0.29) is 12.3 Å². The normalized spacial score (nSPS) is 37.6. The van der Waals surface area contributed by atoms with Crippen molar-refractivity contribution in [3.8, 4) is 0 Å². The molecule has 0 saturated heterocycles. The highest BCUT2D eigenvalue weighted by Crippen LogP contribution is 2.50. The summed E-state index contributed by atoms with van der Waals surface area (Å²) >= 11 is 0. The lowest BCUT2D eigenvalue weighted by Gasteiger charge is -2.39. The number of fused-ring (bicyclic) bond motifs is 1. The maximum Gasteiger partial charge on any atom is 0.439 e. The lowest BCUT2D eigenvalue weighted by Crippen LogP contribution is -2.62. The van der Waals surface area contributed by atoms with Crippen molar-refractivity contribution in [2.24, 2.45) is 22.9 Å². The van der Waals surface area contributed by atoms with E-state index in [4.69, 9.17) is 0 Å². The number of alkyl halides is 3. The average Bonchev–Trinajstić information content (AvgIpc) is 3.14. The molecule has 1 heterocycles. The van der Waals surface area contributed by atoms with Gasteiger partial charge in [-0.2, -0.15) is 23.3 Å². The summed E-state index contributed by atoms with van der Waals surface area (Å²) in [7, 11) is 0. The second-order valence-corrected chi connectivity index (χ2v) is 6.17. The highest BCUT2D eigenvalue weighted by Gasteiger charge is 2.69. The molecule has 2 saturated carbocycles. The van der Waals surface area contributed by atoms with E-state index >= 15 is 0 Å². The van der Waals surface area contributed by atoms with Crippen LogP contribution in [0, 0.1) is 17.8 Å². The van der Waals surface area contributed by atoms with Crippen LogP contribution in [0.5, 0.6) is 0 Å². The van der Waals surface area contributed by atoms with Gasteiger partial charge in [-0.05, 0) is 38.0 Å². The summed E-state index contributed by atoms with van der Waals surface area (Å²) in [4.78, 5) is 12.1. The lowest BCUT2D eigenvalue weighted by atomic mass is 9.76. The van der Waals surface area contributed by atoms with Gasteiger partial charge in [-0.3, -0.25) is 4.79 Å². The molecule has 1 aliphatic heterocycles. The first-order valence-corrected chi connectivity index (χ1v) is 6.95. The summed E-state index contributed by atoms with van der Waals surface area (Å²) in [5.74, 6) is -2.14. The molecule has 3 atom stereocenters. The second-order valence-electron chi connectivity index (χ2n) is 6.17. The predicted molar refractivity (Wildman–Crippen MR) is 64.5 cm³/mol. The Kier molecular flexibility index (Phi) is 2.90. The molecule has 2 fully saturated rings. The van der Waals surface area contributed by atoms with Crippen LogP contribution in [0.1, 0.15) is 39.0 Å². The molecule has 0 aromatic rings. The fourth-order valence-electron chi connectivity index (χ4n) is 3.13. The molecule has 0 radical (unpaired) electrons. The summed E-state index contributed by atoms with van der Waals surface area (Å²) < 4.78 is 40.3. The number of hydrogen-bond donors (Lipinski definition) is 1. The van der Waals surface area contributed by atoms with Gasteiger partial charge >= 0.3 is 6.18 Å². The summed E-state index contributed by atoms with van der Waals surface area (Å²) in [6.45, 7) is 1.86. The van der Waals surface area contributed by atoms with Gasteiger partial charge in [-0.25, -0.2) is 0 Å². The van der Waals surface area contributed by atoms with Crippen LogP contribution >= 0.6 is 0 Å². The van der Waals surface area contributed by atoms with Crippen LogP contribution < -0.4 is 0 Å². The van der Waals surface area contributed by atoms with Gasteiger partial charge in [0.05, 0.1) is 5.92 Å². The quantitative estimate of drug-likeness (QED) is 0.805. The van der Waals surface area contributed by atoms with Gasteiger partial charge in [0.25, 0.3) is 5.72 Å². The van der Waals surface area contributed by atoms with Crippen LogP contribution in [0.15, 0.2) is 5.10 Å². The van der Waals surface area contributed by atoms with Gasteiger partial charge in [0.15, 0.2) is 0 Å². The molecule has 1 amide bonds. The minimum Gasteiger partial charge on any atom is -0.362 e. The standard InChI is InChI=1S/C13H17F3N2O2/c1-7-2-5-10-9(6-7)12(20,13(14,15)16)18(17-10)11(19)8-3-4-8/h7-9,20H,2-6H2,1H3/t7-,9-,12-/m1/s1. The molecule has 1 N–H and O–H groups in total. The Balaban J connectivity index is 1.99. The zero-order chi connectivity index (χ0) is 14.7. The minimum atomic E-state index is -4.90. The Labute approximate surface area is 114 Å². The van der Waals surface area contributed by atoms with Crippen molar-refractivity contribution in [2.75, 3.05) is 0 Å². The lowest BCUT2D eigenvalue weighted by molar-refractivity contribution is -0.318. The minimum absolute atomic E-state index is 0.0869. The van der Waals surface area contributed by atoms with Crippen LogP contribution in [0.3, 0.4) is 0 Å². The summed E-state index contributed by atoms with van der Waals surface area (Å²) in [6.07, 6.45) is -2.37. The van der Waals surface area contributed by atoms with Crippen molar-refractivity contribution in [3.05, 3.63) is 0 Å². The molecule has 0 aromatic heterocycles. The van der Waals surface area contributed by atoms with Gasteiger partial charge < -0.3 is 5.11 Å².